The van der Waals surface area contributed by atoms with Gasteiger partial charge in [0.2, 0.25) is 0 Å². The van der Waals surface area contributed by atoms with E-state index in [1.54, 1.807) is 0 Å². The van der Waals surface area contributed by atoms with Crippen LogP contribution in [0.5, 0.6) is 0 Å². The van der Waals surface area contributed by atoms with Crippen molar-refractivity contribution >= 4 is 22.4 Å². The lowest BCUT2D eigenvalue weighted by atomic mass is 10.2. The summed E-state index contributed by atoms with van der Waals surface area (Å²) in [7, 11) is 0. The molecule has 0 aliphatic carbocycles. The second-order valence-electron chi connectivity index (χ2n) is 4.51. The quantitative estimate of drug-likeness (QED) is 0.611. The molecule has 0 amide bonds. The van der Waals surface area contributed by atoms with Crippen LogP contribution in [0.25, 0.3) is 10.9 Å². The Hall–Kier alpha value is -2.57. The molecule has 0 radical (unpaired) electrons. The molecule has 0 fully saturated rings. The maximum Gasteiger partial charge on any atom is 0.270 e. The molecule has 0 atom stereocenters. The van der Waals surface area contributed by atoms with Crippen LogP contribution >= 0.6 is 0 Å². The Morgan fingerprint density at radius 3 is 2.85 bits per heavy atom. The van der Waals surface area contributed by atoms with Crippen molar-refractivity contribution < 1.29 is 9.72 Å². The van der Waals surface area contributed by atoms with E-state index < -0.39 is 4.92 Å². The number of hydrogen-bond donors (Lipinski definition) is 0. The summed E-state index contributed by atoms with van der Waals surface area (Å²) in [6.07, 6.45) is 2.33. The molecule has 0 bridgehead atoms. The summed E-state index contributed by atoms with van der Waals surface area (Å²) in [4.78, 5) is 37.3. The highest BCUT2D eigenvalue weighted by Crippen LogP contribution is 2.16. The van der Waals surface area contributed by atoms with Crippen LogP contribution in [-0.2, 0) is 11.3 Å². The Kier molecular flexibility index (Phi) is 3.88. The first-order chi connectivity index (χ1) is 9.49. The molecule has 20 heavy (non-hydrogen) atoms. The van der Waals surface area contributed by atoms with E-state index in [9.17, 15) is 19.7 Å². The van der Waals surface area contributed by atoms with E-state index in [-0.39, 0.29) is 22.4 Å². The molecule has 7 nitrogen and oxygen atoms in total. The van der Waals surface area contributed by atoms with Gasteiger partial charge in [0.05, 0.1) is 22.2 Å². The van der Waals surface area contributed by atoms with Gasteiger partial charge in [0.25, 0.3) is 11.2 Å². The van der Waals surface area contributed by atoms with Crippen LogP contribution in [0.1, 0.15) is 19.8 Å². The van der Waals surface area contributed by atoms with Crippen molar-refractivity contribution in [1.29, 1.82) is 0 Å². The number of nitro groups is 1. The van der Waals surface area contributed by atoms with Gasteiger partial charge in [-0.2, -0.15) is 0 Å². The Morgan fingerprint density at radius 2 is 2.20 bits per heavy atom. The zero-order chi connectivity index (χ0) is 14.7. The number of nitrogens with zero attached hydrogens (tertiary/aromatic N) is 3. The third kappa shape index (κ3) is 2.87. The largest absolute Gasteiger partial charge is 0.300 e. The predicted octanol–water partition coefficient (Wildman–Crippen LogP) is 1.67. The molecule has 1 aromatic heterocycles. The van der Waals surface area contributed by atoms with Crippen molar-refractivity contribution in [2.45, 2.75) is 26.3 Å². The lowest BCUT2D eigenvalue weighted by molar-refractivity contribution is -0.384. The molecule has 7 heteroatoms. The molecule has 0 aliphatic rings. The van der Waals surface area contributed by atoms with E-state index in [1.807, 2.05) is 0 Å². The topological polar surface area (TPSA) is 95.1 Å². The number of carbonyl (C=O) groups excluding carboxylic acids is 1. The first-order valence-electron chi connectivity index (χ1n) is 6.12. The molecule has 104 valence electrons. The second-order valence-corrected chi connectivity index (χ2v) is 4.51. The number of nitro benzene ring substituents is 1. The molecule has 0 aliphatic heterocycles. The molecule has 0 spiro atoms. The highest BCUT2D eigenvalue weighted by molar-refractivity contribution is 5.79. The highest BCUT2D eigenvalue weighted by Gasteiger charge is 2.10. The van der Waals surface area contributed by atoms with Crippen molar-refractivity contribution in [3.05, 3.63) is 45.0 Å². The van der Waals surface area contributed by atoms with E-state index in [2.05, 4.69) is 4.98 Å². The summed E-state index contributed by atoms with van der Waals surface area (Å²) in [5.74, 6) is 0.0578. The summed E-state index contributed by atoms with van der Waals surface area (Å²) in [6, 6.07) is 4.00. The van der Waals surface area contributed by atoms with Crippen molar-refractivity contribution in [3.8, 4) is 0 Å². The van der Waals surface area contributed by atoms with Gasteiger partial charge in [-0.05, 0) is 19.4 Å². The van der Waals surface area contributed by atoms with Crippen LogP contribution in [0.15, 0.2) is 29.3 Å². The third-order valence-electron chi connectivity index (χ3n) is 2.95. The van der Waals surface area contributed by atoms with Gasteiger partial charge in [-0.15, -0.1) is 0 Å². The summed E-state index contributed by atoms with van der Waals surface area (Å²) in [5, 5.41) is 10.9. The molecule has 2 aromatic rings. The number of carbonyl (C=O) groups is 1. The fourth-order valence-electron chi connectivity index (χ4n) is 1.92. The Bertz CT molecular complexity index is 736. The first kappa shape index (κ1) is 13.9. The number of ketones is 1. The van der Waals surface area contributed by atoms with E-state index >= 15 is 0 Å². The first-order valence-corrected chi connectivity index (χ1v) is 6.12. The van der Waals surface area contributed by atoms with Crippen LogP contribution in [0.2, 0.25) is 0 Å². The zero-order valence-electron chi connectivity index (χ0n) is 10.9. The van der Waals surface area contributed by atoms with Crippen LogP contribution < -0.4 is 5.56 Å². The lowest BCUT2D eigenvalue weighted by Gasteiger charge is -2.05. The molecule has 2 rings (SSSR count). The molecule has 0 unspecified atom stereocenters. The van der Waals surface area contributed by atoms with Crippen LogP contribution in [-0.4, -0.2) is 20.3 Å². The summed E-state index contributed by atoms with van der Waals surface area (Å²) in [6.45, 7) is 1.86. The third-order valence-corrected chi connectivity index (χ3v) is 2.95. The SMILES string of the molecule is CC(=O)CCCn1cnc2ccc([N+](=O)[O-])cc2c1=O. The van der Waals surface area contributed by atoms with E-state index in [4.69, 9.17) is 0 Å². The maximum atomic E-state index is 12.2. The number of non-ortho nitro benzene ring substituents is 1. The average Bonchev–Trinajstić information content (AvgIpc) is 2.40. The molecule has 0 N–H and O–H groups in total. The smallest absolute Gasteiger partial charge is 0.270 e. The zero-order valence-corrected chi connectivity index (χ0v) is 10.9. The van der Waals surface area contributed by atoms with Crippen molar-refractivity contribution in [2.24, 2.45) is 0 Å². The summed E-state index contributed by atoms with van der Waals surface area (Å²) < 4.78 is 1.37. The number of hydrogen-bond acceptors (Lipinski definition) is 5. The van der Waals surface area contributed by atoms with Gasteiger partial charge in [-0.25, -0.2) is 4.98 Å². The second kappa shape index (κ2) is 5.60. The number of rotatable bonds is 5. The molecule has 0 saturated carbocycles. The number of fused-ring (bicyclic) bond motifs is 1. The normalized spacial score (nSPS) is 10.7. The van der Waals surface area contributed by atoms with Crippen molar-refractivity contribution in [2.75, 3.05) is 0 Å². The van der Waals surface area contributed by atoms with Gasteiger partial charge in [0.1, 0.15) is 5.78 Å². The fraction of sp³-hybridized carbons (Fsp3) is 0.308. The van der Waals surface area contributed by atoms with E-state index in [0.29, 0.717) is 24.9 Å². The Balaban J connectivity index is 2.38. The van der Waals surface area contributed by atoms with E-state index in [1.165, 1.54) is 36.0 Å². The number of aromatic nitrogens is 2. The van der Waals surface area contributed by atoms with Gasteiger partial charge >= 0.3 is 0 Å². The molecule has 0 saturated heterocycles. The van der Waals surface area contributed by atoms with E-state index in [0.717, 1.165) is 0 Å². The van der Waals surface area contributed by atoms with Crippen molar-refractivity contribution in [1.82, 2.24) is 9.55 Å². The van der Waals surface area contributed by atoms with Gasteiger partial charge in [-0.1, -0.05) is 0 Å². The number of Topliss-reactive ketones (excluding diaryl/α,β-unsaturated/α-hetero) is 1. The Morgan fingerprint density at radius 1 is 1.45 bits per heavy atom. The standard InChI is InChI=1S/C13H13N3O4/c1-9(17)3-2-6-15-8-14-12-5-4-10(16(19)20)7-11(12)13(15)18/h4-5,7-8H,2-3,6H2,1H3. The number of aryl methyl sites for hydroxylation is 1. The minimum atomic E-state index is -0.550. The summed E-state index contributed by atoms with van der Waals surface area (Å²) >= 11 is 0. The van der Waals surface area contributed by atoms with Crippen molar-refractivity contribution in [3.63, 3.8) is 0 Å². The molecule has 1 heterocycles. The van der Waals surface area contributed by atoms with Crippen LogP contribution in [0.4, 0.5) is 5.69 Å². The average molecular weight is 275 g/mol. The van der Waals surface area contributed by atoms with Crippen LogP contribution in [0.3, 0.4) is 0 Å². The van der Waals surface area contributed by atoms with Crippen LogP contribution in [0, 0.1) is 10.1 Å². The fourth-order valence-corrected chi connectivity index (χ4v) is 1.92. The van der Waals surface area contributed by atoms with Gasteiger partial charge in [-0.3, -0.25) is 19.5 Å². The van der Waals surface area contributed by atoms with Gasteiger partial charge < -0.3 is 4.79 Å². The molecular weight excluding hydrogens is 262 g/mol. The van der Waals surface area contributed by atoms with Gasteiger partial charge in [0, 0.05) is 25.1 Å². The lowest BCUT2D eigenvalue weighted by Crippen LogP contribution is -2.21. The summed E-state index contributed by atoms with van der Waals surface area (Å²) in [5.41, 5.74) is -0.0523. The molecular formula is C13H13N3O4. The maximum absolute atomic E-state index is 12.2. The van der Waals surface area contributed by atoms with Gasteiger partial charge in [0.15, 0.2) is 0 Å². The Labute approximate surface area is 114 Å². The minimum Gasteiger partial charge on any atom is -0.300 e. The predicted molar refractivity (Wildman–Crippen MR) is 72.6 cm³/mol. The minimum absolute atomic E-state index is 0.0578. The highest BCUT2D eigenvalue weighted by atomic mass is 16.6. The monoisotopic (exact) mass is 275 g/mol. The molecule has 1 aromatic carbocycles. The number of benzene rings is 1.